The molecule has 3 aliphatic heterocycles. The summed E-state index contributed by atoms with van der Waals surface area (Å²) in [6.07, 6.45) is 17.1. The highest BCUT2D eigenvalue weighted by atomic mass is 16.6. The van der Waals surface area contributed by atoms with Crippen LogP contribution in [0.15, 0.2) is 12.7 Å². The fraction of sp³-hybridized carbons (Fsp3) is 0.816. The molecule has 0 radical (unpaired) electrons. The number of carbonyl (C=O) groups excluding carboxylic acids is 5. The van der Waals surface area contributed by atoms with Crippen molar-refractivity contribution < 1.29 is 43.3 Å². The van der Waals surface area contributed by atoms with Crippen LogP contribution in [0.5, 0.6) is 0 Å². The Hall–Kier alpha value is -3.15. The molecule has 0 aliphatic carbocycles. The summed E-state index contributed by atoms with van der Waals surface area (Å²) in [6, 6.07) is -0.400. The normalized spacial score (nSPS) is 20.2. The van der Waals surface area contributed by atoms with E-state index in [1.54, 1.807) is 0 Å². The second-order valence-corrected chi connectivity index (χ2v) is 14.2. The molecule has 0 aromatic heterocycles. The molecule has 3 rings (SSSR count). The minimum absolute atomic E-state index is 0.0691. The maximum absolute atomic E-state index is 12.1. The Morgan fingerprint density at radius 1 is 0.900 bits per heavy atom. The number of unbranched alkanes of at least 4 members (excludes halogenated alkanes) is 11. The van der Waals surface area contributed by atoms with Gasteiger partial charge in [-0.05, 0) is 37.5 Å². The molecule has 2 unspecified atom stereocenters. The van der Waals surface area contributed by atoms with Crippen LogP contribution in [-0.4, -0.2) is 84.0 Å². The number of hydrogen-bond acceptors (Lipinski definition) is 9. The molecule has 3 heterocycles. The molecular weight excluding hydrogens is 642 g/mol. The fourth-order valence-corrected chi connectivity index (χ4v) is 5.72. The summed E-state index contributed by atoms with van der Waals surface area (Å²) >= 11 is 0. The second-order valence-electron chi connectivity index (χ2n) is 14.2. The van der Waals surface area contributed by atoms with Gasteiger partial charge in [0.15, 0.2) is 0 Å². The molecule has 0 spiro atoms. The highest BCUT2D eigenvalue weighted by Crippen LogP contribution is 2.21. The van der Waals surface area contributed by atoms with Crippen LogP contribution < -0.4 is 10.6 Å². The van der Waals surface area contributed by atoms with Gasteiger partial charge in [0.2, 0.25) is 11.8 Å². The lowest BCUT2D eigenvalue weighted by molar-refractivity contribution is -0.141. The van der Waals surface area contributed by atoms with E-state index in [0.717, 1.165) is 38.5 Å². The summed E-state index contributed by atoms with van der Waals surface area (Å²) in [5.41, 5.74) is 0. The predicted octanol–water partition coefficient (Wildman–Crippen LogP) is 6.97. The van der Waals surface area contributed by atoms with Crippen molar-refractivity contribution in [2.24, 2.45) is 11.8 Å². The van der Waals surface area contributed by atoms with Crippen LogP contribution in [0.4, 0.5) is 9.59 Å². The van der Waals surface area contributed by atoms with Crippen molar-refractivity contribution in [3.63, 3.8) is 0 Å². The van der Waals surface area contributed by atoms with Crippen LogP contribution in [0.1, 0.15) is 144 Å². The molecule has 4 amide bonds. The van der Waals surface area contributed by atoms with Gasteiger partial charge in [0.05, 0.1) is 31.2 Å². The molecule has 3 N–H and O–H groups in total. The van der Waals surface area contributed by atoms with Gasteiger partial charge >= 0.3 is 18.2 Å². The first-order valence-corrected chi connectivity index (χ1v) is 19.1. The second kappa shape index (κ2) is 26.6. The number of hydrogen-bond donors (Lipinski definition) is 3. The van der Waals surface area contributed by atoms with E-state index in [1.807, 2.05) is 19.9 Å². The lowest BCUT2D eigenvalue weighted by atomic mass is 10.0. The topological polar surface area (TPSA) is 161 Å². The fourth-order valence-electron chi connectivity index (χ4n) is 5.72. The van der Waals surface area contributed by atoms with Crippen LogP contribution in [0.3, 0.4) is 0 Å². The predicted molar refractivity (Wildman–Crippen MR) is 193 cm³/mol. The smallest absolute Gasteiger partial charge is 0.416 e. The van der Waals surface area contributed by atoms with Crippen LogP contribution in [0.2, 0.25) is 0 Å². The van der Waals surface area contributed by atoms with Gasteiger partial charge < -0.3 is 30.0 Å². The third kappa shape index (κ3) is 19.3. The standard InChI is InChI=1S/C16H29NO4.C16H27NO3.C6H11NO2/c1-2-3-4-5-6-7-8-9-13(18)12-15(19)17-14-10-11-21-16(14)20;1-4-5-6-7-8-9-10-11-15(18)17-14(13(2)3)12-20-16(17)19;1-4(2)5-3-9-6(8)7-5/h13-14,18H,2-12H2,1H3,(H,17,19);4,13-14H,1,5-12H2,2-3H3;4-5H,3H2,1-2H3,(H,7,8)/t;14-;5-/m.11/s1. The largest absolute Gasteiger partial charge is 0.464 e. The van der Waals surface area contributed by atoms with Gasteiger partial charge in [-0.25, -0.2) is 19.3 Å². The van der Waals surface area contributed by atoms with Crippen LogP contribution in [-0.2, 0) is 28.6 Å². The summed E-state index contributed by atoms with van der Waals surface area (Å²) in [4.78, 5) is 58.4. The molecule has 3 fully saturated rings. The van der Waals surface area contributed by atoms with E-state index in [-0.39, 0.29) is 48.3 Å². The Balaban J connectivity index is 0.000000403. The first-order chi connectivity index (χ1) is 23.9. The number of imide groups is 1. The number of nitrogens with one attached hydrogen (secondary N) is 2. The lowest BCUT2D eigenvalue weighted by Crippen LogP contribution is -2.41. The number of carbonyl (C=O) groups is 5. The highest BCUT2D eigenvalue weighted by molar-refractivity contribution is 5.93. The molecule has 0 aromatic carbocycles. The first-order valence-electron chi connectivity index (χ1n) is 19.1. The molecule has 0 bridgehead atoms. The number of ether oxygens (including phenoxy) is 3. The maximum Gasteiger partial charge on any atom is 0.416 e. The van der Waals surface area contributed by atoms with Gasteiger partial charge in [-0.3, -0.25) is 9.59 Å². The summed E-state index contributed by atoms with van der Waals surface area (Å²) in [5.74, 6) is -0.0164. The molecule has 12 nitrogen and oxygen atoms in total. The number of allylic oxidation sites excluding steroid dienone is 1. The number of esters is 1. The number of amides is 4. The monoisotopic (exact) mass is 709 g/mol. The quantitative estimate of drug-likeness (QED) is 0.0495. The molecule has 3 aliphatic rings. The number of cyclic esters (lactones) is 3. The Kier molecular flexibility index (Phi) is 23.9. The average molecular weight is 710 g/mol. The molecule has 0 aromatic rings. The molecule has 50 heavy (non-hydrogen) atoms. The number of nitrogens with zero attached hydrogens (tertiary/aromatic N) is 1. The van der Waals surface area contributed by atoms with Crippen molar-refractivity contribution in [2.45, 2.75) is 168 Å². The molecule has 0 saturated carbocycles. The Labute approximate surface area is 300 Å². The summed E-state index contributed by atoms with van der Waals surface area (Å²) < 4.78 is 14.4. The van der Waals surface area contributed by atoms with Crippen molar-refractivity contribution in [3.05, 3.63) is 12.7 Å². The van der Waals surface area contributed by atoms with E-state index in [1.165, 1.54) is 49.8 Å². The lowest BCUT2D eigenvalue weighted by Gasteiger charge is -2.22. The average Bonchev–Trinajstić information content (AvgIpc) is 3.80. The van der Waals surface area contributed by atoms with Gasteiger partial charge in [0, 0.05) is 12.8 Å². The third-order valence-electron chi connectivity index (χ3n) is 9.08. The highest BCUT2D eigenvalue weighted by Gasteiger charge is 2.39. The van der Waals surface area contributed by atoms with E-state index in [9.17, 15) is 29.1 Å². The zero-order valence-electron chi connectivity index (χ0n) is 31.6. The van der Waals surface area contributed by atoms with E-state index in [4.69, 9.17) is 9.47 Å². The van der Waals surface area contributed by atoms with Crippen molar-refractivity contribution in [1.29, 1.82) is 0 Å². The van der Waals surface area contributed by atoms with Gasteiger partial charge in [-0.2, -0.15) is 0 Å². The zero-order chi connectivity index (χ0) is 37.3. The summed E-state index contributed by atoms with van der Waals surface area (Å²) in [5, 5.41) is 15.1. The molecule has 3 saturated heterocycles. The van der Waals surface area contributed by atoms with Gasteiger partial charge in [-0.1, -0.05) is 105 Å². The summed E-state index contributed by atoms with van der Waals surface area (Å²) in [6.45, 7) is 15.2. The van der Waals surface area contributed by atoms with Crippen molar-refractivity contribution in [2.75, 3.05) is 19.8 Å². The minimum Gasteiger partial charge on any atom is -0.464 e. The number of aliphatic hydroxyl groups excluding tert-OH is 1. The van der Waals surface area contributed by atoms with E-state index in [0.29, 0.717) is 45.0 Å². The Morgan fingerprint density at radius 3 is 2.08 bits per heavy atom. The SMILES string of the molecule is C=CCCCCCCCC(=O)N1C(=O)OC[C@@H]1C(C)C.CC(C)[C@H]1COC(=O)N1.CCCCCCCCCC(O)CC(=O)NC1CCOC1=O. The number of alkyl carbamates (subject to hydrolysis) is 1. The Bertz CT molecular complexity index is 1020. The van der Waals surface area contributed by atoms with Crippen LogP contribution in [0, 0.1) is 11.8 Å². The van der Waals surface area contributed by atoms with Crippen molar-refractivity contribution in [3.8, 4) is 0 Å². The van der Waals surface area contributed by atoms with Crippen molar-refractivity contribution in [1.82, 2.24) is 15.5 Å². The summed E-state index contributed by atoms with van der Waals surface area (Å²) in [7, 11) is 0. The van der Waals surface area contributed by atoms with Crippen molar-refractivity contribution >= 4 is 30.0 Å². The molecular formula is C38H67N3O9. The maximum atomic E-state index is 12.1. The van der Waals surface area contributed by atoms with E-state index in [2.05, 4.69) is 42.7 Å². The minimum atomic E-state index is -0.613. The van der Waals surface area contributed by atoms with E-state index < -0.39 is 18.2 Å². The Morgan fingerprint density at radius 2 is 1.54 bits per heavy atom. The van der Waals surface area contributed by atoms with Gasteiger partial charge in [-0.15, -0.1) is 6.58 Å². The molecule has 4 atom stereocenters. The van der Waals surface area contributed by atoms with Gasteiger partial charge in [0.1, 0.15) is 19.3 Å². The van der Waals surface area contributed by atoms with Crippen LogP contribution in [0.25, 0.3) is 0 Å². The zero-order valence-corrected chi connectivity index (χ0v) is 31.6. The molecule has 288 valence electrons. The number of aliphatic hydroxyl groups is 1. The van der Waals surface area contributed by atoms with Gasteiger partial charge in [0.25, 0.3) is 0 Å². The first kappa shape index (κ1) is 44.9. The number of rotatable bonds is 21. The molecule has 12 heteroatoms. The van der Waals surface area contributed by atoms with Crippen LogP contribution >= 0.6 is 0 Å². The third-order valence-corrected chi connectivity index (χ3v) is 9.08. The van der Waals surface area contributed by atoms with E-state index >= 15 is 0 Å².